The molecule has 11 heteroatoms. The highest BCUT2D eigenvalue weighted by molar-refractivity contribution is 14.1. The van der Waals surface area contributed by atoms with Crippen molar-refractivity contribution in [3.8, 4) is 11.5 Å². The number of rotatable bonds is 8. The molecule has 0 amide bonds. The van der Waals surface area contributed by atoms with Crippen molar-refractivity contribution in [2.24, 2.45) is 5.10 Å². The fraction of sp³-hybridized carbons (Fsp3) is 0.174. The van der Waals surface area contributed by atoms with E-state index in [4.69, 9.17) is 9.47 Å². The number of anilines is 1. The largest absolute Gasteiger partial charge is 0.493 e. The van der Waals surface area contributed by atoms with Gasteiger partial charge in [-0.25, -0.2) is 0 Å². The Labute approximate surface area is 206 Å². The number of ether oxygens (including phenoxy) is 2. The fourth-order valence-electron chi connectivity index (χ4n) is 3.04. The zero-order valence-electron chi connectivity index (χ0n) is 18.0. The van der Waals surface area contributed by atoms with Crippen molar-refractivity contribution >= 4 is 40.2 Å². The number of nitrogens with one attached hydrogen (secondary N) is 1. The Morgan fingerprint density at radius 3 is 2.59 bits per heavy atom. The van der Waals surface area contributed by atoms with E-state index in [1.54, 1.807) is 12.1 Å². The SMILES string of the molecule is COc1cc(/C=N\Nc2ccc(C(F)(F)F)cc2[N+](=O)[O-])cc(I)c1OCc1cccc(C)c1. The summed E-state index contributed by atoms with van der Waals surface area (Å²) in [5.41, 5.74) is 3.12. The third kappa shape index (κ3) is 6.37. The lowest BCUT2D eigenvalue weighted by molar-refractivity contribution is -0.384. The molecule has 0 unspecified atom stereocenters. The number of methoxy groups -OCH3 is 1. The molecule has 1 N–H and O–H groups in total. The van der Waals surface area contributed by atoms with Crippen LogP contribution in [0, 0.1) is 20.6 Å². The van der Waals surface area contributed by atoms with Gasteiger partial charge in [0.2, 0.25) is 0 Å². The lowest BCUT2D eigenvalue weighted by Gasteiger charge is -2.14. The lowest BCUT2D eigenvalue weighted by atomic mass is 10.1. The van der Waals surface area contributed by atoms with Crippen LogP contribution in [-0.4, -0.2) is 18.2 Å². The molecule has 3 aromatic carbocycles. The monoisotopic (exact) mass is 585 g/mol. The van der Waals surface area contributed by atoms with Crippen molar-refractivity contribution in [3.63, 3.8) is 0 Å². The van der Waals surface area contributed by atoms with E-state index in [0.29, 0.717) is 29.7 Å². The van der Waals surface area contributed by atoms with Gasteiger partial charge in [-0.3, -0.25) is 15.5 Å². The summed E-state index contributed by atoms with van der Waals surface area (Å²) in [5.74, 6) is 1.01. The molecule has 7 nitrogen and oxygen atoms in total. The number of hydrazone groups is 1. The maximum absolute atomic E-state index is 12.9. The van der Waals surface area contributed by atoms with Crippen LogP contribution < -0.4 is 14.9 Å². The fourth-order valence-corrected chi connectivity index (χ4v) is 3.82. The highest BCUT2D eigenvalue weighted by atomic mass is 127. The van der Waals surface area contributed by atoms with E-state index in [1.165, 1.54) is 13.3 Å². The summed E-state index contributed by atoms with van der Waals surface area (Å²) in [6.07, 6.45) is -3.32. The number of alkyl halides is 3. The number of nitro benzene ring substituents is 1. The normalized spacial score (nSPS) is 11.5. The van der Waals surface area contributed by atoms with Crippen LogP contribution in [0.25, 0.3) is 0 Å². The van der Waals surface area contributed by atoms with E-state index in [2.05, 4.69) is 33.1 Å². The van der Waals surface area contributed by atoms with Gasteiger partial charge in [0.1, 0.15) is 12.3 Å². The number of halogens is 4. The average Bonchev–Trinajstić information content (AvgIpc) is 2.77. The van der Waals surface area contributed by atoms with Gasteiger partial charge < -0.3 is 9.47 Å². The van der Waals surface area contributed by atoms with Gasteiger partial charge in [0.05, 0.1) is 27.4 Å². The van der Waals surface area contributed by atoms with Gasteiger partial charge in [-0.2, -0.15) is 18.3 Å². The molecular weight excluding hydrogens is 566 g/mol. The highest BCUT2D eigenvalue weighted by Gasteiger charge is 2.33. The summed E-state index contributed by atoms with van der Waals surface area (Å²) >= 11 is 2.09. The molecule has 0 saturated heterocycles. The molecule has 0 fully saturated rings. The first-order valence-corrected chi connectivity index (χ1v) is 10.9. The third-order valence-electron chi connectivity index (χ3n) is 4.64. The van der Waals surface area contributed by atoms with Crippen molar-refractivity contribution < 1.29 is 27.6 Å². The molecule has 0 aliphatic heterocycles. The smallest absolute Gasteiger partial charge is 0.416 e. The minimum atomic E-state index is -4.69. The van der Waals surface area contributed by atoms with Gasteiger partial charge in [0.25, 0.3) is 5.69 Å². The molecular formula is C23H19F3IN3O4. The Morgan fingerprint density at radius 1 is 1.18 bits per heavy atom. The van der Waals surface area contributed by atoms with E-state index >= 15 is 0 Å². The molecule has 3 aromatic rings. The van der Waals surface area contributed by atoms with E-state index < -0.39 is 22.4 Å². The maximum atomic E-state index is 12.9. The van der Waals surface area contributed by atoms with Crippen molar-refractivity contribution in [1.29, 1.82) is 0 Å². The van der Waals surface area contributed by atoms with E-state index in [-0.39, 0.29) is 5.69 Å². The second kappa shape index (κ2) is 10.7. The standard InChI is InChI=1S/C23H19F3IN3O4/c1-14-4-3-5-15(8-14)13-34-22-18(27)9-16(10-21(22)33-2)12-28-29-19-7-6-17(23(24,25)26)11-20(19)30(31)32/h3-12,29H,13H2,1-2H3/b28-12-. The lowest BCUT2D eigenvalue weighted by Crippen LogP contribution is -2.06. The zero-order chi connectivity index (χ0) is 24.9. The number of nitro groups is 1. The minimum Gasteiger partial charge on any atom is -0.493 e. The zero-order valence-corrected chi connectivity index (χ0v) is 20.2. The first-order valence-electron chi connectivity index (χ1n) is 9.79. The van der Waals surface area contributed by atoms with Crippen LogP contribution in [0.3, 0.4) is 0 Å². The molecule has 34 heavy (non-hydrogen) atoms. The number of hydrogen-bond donors (Lipinski definition) is 1. The number of aryl methyl sites for hydroxylation is 1. The van der Waals surface area contributed by atoms with E-state index in [1.807, 2.05) is 31.2 Å². The number of nitrogens with zero attached hydrogens (tertiary/aromatic N) is 2. The Hall–Kier alpha value is -3.35. The molecule has 0 saturated carbocycles. The van der Waals surface area contributed by atoms with Gasteiger partial charge in [0, 0.05) is 6.07 Å². The predicted molar refractivity (Wildman–Crippen MR) is 131 cm³/mol. The average molecular weight is 585 g/mol. The van der Waals surface area contributed by atoms with Crippen LogP contribution in [0.4, 0.5) is 24.5 Å². The summed E-state index contributed by atoms with van der Waals surface area (Å²) in [7, 11) is 1.50. The molecule has 3 rings (SSSR count). The van der Waals surface area contributed by atoms with Gasteiger partial charge >= 0.3 is 6.18 Å². The topological polar surface area (TPSA) is 86.0 Å². The molecule has 0 aromatic heterocycles. The molecule has 0 aliphatic carbocycles. The molecule has 0 spiro atoms. The first kappa shape index (κ1) is 25.3. The van der Waals surface area contributed by atoms with Crippen LogP contribution in [0.5, 0.6) is 11.5 Å². The van der Waals surface area contributed by atoms with Gasteiger partial charge in [-0.05, 0) is 64.9 Å². The van der Waals surface area contributed by atoms with E-state index in [9.17, 15) is 23.3 Å². The van der Waals surface area contributed by atoms with Crippen molar-refractivity contribution in [2.75, 3.05) is 12.5 Å². The Balaban J connectivity index is 1.78. The quantitative estimate of drug-likeness (QED) is 0.140. The molecule has 0 radical (unpaired) electrons. The van der Waals surface area contributed by atoms with Gasteiger partial charge in [0.15, 0.2) is 11.5 Å². The van der Waals surface area contributed by atoms with Crippen LogP contribution >= 0.6 is 22.6 Å². The van der Waals surface area contributed by atoms with Crippen molar-refractivity contribution in [3.05, 3.63) is 90.5 Å². The van der Waals surface area contributed by atoms with Crippen LogP contribution in [0.15, 0.2) is 59.7 Å². The van der Waals surface area contributed by atoms with Gasteiger partial charge in [-0.1, -0.05) is 29.8 Å². The number of benzene rings is 3. The summed E-state index contributed by atoms with van der Waals surface area (Å²) in [5, 5.41) is 15.1. The highest BCUT2D eigenvalue weighted by Crippen LogP contribution is 2.36. The molecule has 0 heterocycles. The van der Waals surface area contributed by atoms with Crippen molar-refractivity contribution in [1.82, 2.24) is 0 Å². The van der Waals surface area contributed by atoms with Crippen molar-refractivity contribution in [2.45, 2.75) is 19.7 Å². The Kier molecular flexibility index (Phi) is 7.97. The predicted octanol–water partition coefficient (Wildman–Crippen LogP) is 6.56. The molecule has 0 aliphatic rings. The second-order valence-electron chi connectivity index (χ2n) is 7.17. The number of hydrogen-bond acceptors (Lipinski definition) is 6. The maximum Gasteiger partial charge on any atom is 0.416 e. The van der Waals surface area contributed by atoms with Gasteiger partial charge in [-0.15, -0.1) is 0 Å². The summed E-state index contributed by atoms with van der Waals surface area (Å²) in [6, 6.07) is 13.5. The van der Waals surface area contributed by atoms with Crippen LogP contribution in [0.2, 0.25) is 0 Å². The molecule has 178 valence electrons. The Morgan fingerprint density at radius 2 is 1.94 bits per heavy atom. The van der Waals surface area contributed by atoms with Crippen LogP contribution in [0.1, 0.15) is 22.3 Å². The minimum absolute atomic E-state index is 0.172. The first-order chi connectivity index (χ1) is 16.1. The van der Waals surface area contributed by atoms with Crippen LogP contribution in [-0.2, 0) is 12.8 Å². The van der Waals surface area contributed by atoms with E-state index in [0.717, 1.165) is 26.8 Å². The summed E-state index contributed by atoms with van der Waals surface area (Å²) in [6.45, 7) is 2.34. The summed E-state index contributed by atoms with van der Waals surface area (Å²) < 4.78 is 50.7. The summed E-state index contributed by atoms with van der Waals surface area (Å²) in [4.78, 5) is 10.3. The molecule has 0 bridgehead atoms. The second-order valence-corrected chi connectivity index (χ2v) is 8.33. The Bertz CT molecular complexity index is 1230. The third-order valence-corrected chi connectivity index (χ3v) is 5.44. The molecule has 0 atom stereocenters.